The Balaban J connectivity index is 1.77. The van der Waals surface area contributed by atoms with Crippen LogP contribution >= 0.6 is 0 Å². The van der Waals surface area contributed by atoms with E-state index >= 15 is 0 Å². The Morgan fingerprint density at radius 2 is 1.81 bits per heavy atom. The van der Waals surface area contributed by atoms with Crippen LogP contribution in [0, 0.1) is 5.92 Å². The molecule has 27 heavy (non-hydrogen) atoms. The molecule has 0 aliphatic carbocycles. The predicted octanol–water partition coefficient (Wildman–Crippen LogP) is 4.20. The summed E-state index contributed by atoms with van der Waals surface area (Å²) in [7, 11) is 0. The highest BCUT2D eigenvalue weighted by molar-refractivity contribution is 5.76. The van der Waals surface area contributed by atoms with Crippen LogP contribution < -0.4 is 10.9 Å². The largest absolute Gasteiger partial charge is 0.445 e. The van der Waals surface area contributed by atoms with Crippen molar-refractivity contribution < 1.29 is 13.9 Å². The van der Waals surface area contributed by atoms with Crippen molar-refractivity contribution in [3.8, 4) is 0 Å². The van der Waals surface area contributed by atoms with E-state index in [0.717, 1.165) is 5.56 Å². The average Bonchev–Trinajstić information content (AvgIpc) is 2.66. The van der Waals surface area contributed by atoms with Crippen molar-refractivity contribution >= 4 is 17.0 Å². The van der Waals surface area contributed by atoms with Crippen molar-refractivity contribution in [2.75, 3.05) is 0 Å². The van der Waals surface area contributed by atoms with E-state index in [4.69, 9.17) is 9.15 Å². The fourth-order valence-corrected chi connectivity index (χ4v) is 2.78. The lowest BCUT2D eigenvalue weighted by atomic mass is 10.0. The molecule has 0 radical (unpaired) electrons. The van der Waals surface area contributed by atoms with Crippen LogP contribution in [0.25, 0.3) is 10.9 Å². The van der Waals surface area contributed by atoms with Crippen LogP contribution in [-0.4, -0.2) is 11.1 Å². The second-order valence-corrected chi connectivity index (χ2v) is 6.74. The van der Waals surface area contributed by atoms with Crippen molar-refractivity contribution in [1.82, 2.24) is 10.3 Å². The summed E-state index contributed by atoms with van der Waals surface area (Å²) in [6.45, 7) is 4.20. The van der Waals surface area contributed by atoms with Crippen LogP contribution in [0.5, 0.6) is 0 Å². The molecule has 6 heteroatoms. The van der Waals surface area contributed by atoms with E-state index in [1.165, 1.54) is 0 Å². The number of ether oxygens (including phenoxy) is 1. The molecule has 1 heterocycles. The number of aromatic nitrogens is 1. The Bertz CT molecular complexity index is 967. The van der Waals surface area contributed by atoms with Crippen LogP contribution in [0.4, 0.5) is 4.79 Å². The van der Waals surface area contributed by atoms with Gasteiger partial charge in [-0.1, -0.05) is 56.3 Å². The first-order valence-electron chi connectivity index (χ1n) is 8.90. The number of amides is 1. The average molecular weight is 366 g/mol. The highest BCUT2D eigenvalue weighted by Gasteiger charge is 2.22. The summed E-state index contributed by atoms with van der Waals surface area (Å²) >= 11 is 0. The first-order chi connectivity index (χ1) is 13.0. The summed E-state index contributed by atoms with van der Waals surface area (Å²) in [6, 6.07) is 15.8. The molecule has 0 bridgehead atoms. The number of nitrogens with zero attached hydrogens (tertiary/aromatic N) is 1. The Morgan fingerprint density at radius 1 is 1.11 bits per heavy atom. The quantitative estimate of drug-likeness (QED) is 0.707. The summed E-state index contributed by atoms with van der Waals surface area (Å²) in [6.07, 6.45) is -0.0172. The maximum atomic E-state index is 12.2. The molecule has 1 aromatic heterocycles. The van der Waals surface area contributed by atoms with Crippen molar-refractivity contribution in [3.05, 3.63) is 76.5 Å². The van der Waals surface area contributed by atoms with Gasteiger partial charge in [0, 0.05) is 0 Å². The second-order valence-electron chi connectivity index (χ2n) is 6.74. The van der Waals surface area contributed by atoms with Gasteiger partial charge in [0.25, 0.3) is 0 Å². The molecular formula is C21H22N2O4. The molecule has 0 aliphatic heterocycles. The number of hydrogen-bond acceptors (Lipinski definition) is 5. The van der Waals surface area contributed by atoms with E-state index in [0.29, 0.717) is 17.3 Å². The fourth-order valence-electron chi connectivity index (χ4n) is 2.78. The highest BCUT2D eigenvalue weighted by atomic mass is 16.5. The molecular weight excluding hydrogens is 344 g/mol. The Hall–Kier alpha value is -3.15. The molecule has 2 aromatic carbocycles. The summed E-state index contributed by atoms with van der Waals surface area (Å²) in [5.41, 5.74) is 0.962. The number of carbonyl (C=O) groups excluding carboxylic acids is 1. The van der Waals surface area contributed by atoms with Crippen LogP contribution in [-0.2, 0) is 11.3 Å². The van der Waals surface area contributed by atoms with Crippen molar-refractivity contribution in [2.24, 2.45) is 5.92 Å². The monoisotopic (exact) mass is 366 g/mol. The molecule has 0 saturated carbocycles. The zero-order valence-corrected chi connectivity index (χ0v) is 15.3. The molecule has 1 amide bonds. The summed E-state index contributed by atoms with van der Waals surface area (Å²) in [4.78, 5) is 28.9. The lowest BCUT2D eigenvalue weighted by Gasteiger charge is -2.18. The molecule has 6 nitrogen and oxygen atoms in total. The van der Waals surface area contributed by atoms with Crippen LogP contribution in [0.3, 0.4) is 0 Å². The van der Waals surface area contributed by atoms with Gasteiger partial charge in [-0.3, -0.25) is 0 Å². The third-order valence-corrected chi connectivity index (χ3v) is 4.06. The number of rotatable bonds is 6. The molecule has 0 saturated heterocycles. The molecule has 1 unspecified atom stereocenters. The van der Waals surface area contributed by atoms with Gasteiger partial charge in [0.15, 0.2) is 0 Å². The van der Waals surface area contributed by atoms with E-state index in [-0.39, 0.29) is 18.4 Å². The topological polar surface area (TPSA) is 81.4 Å². The predicted molar refractivity (Wildman–Crippen MR) is 102 cm³/mol. The van der Waals surface area contributed by atoms with Gasteiger partial charge in [0.05, 0.1) is 10.9 Å². The van der Waals surface area contributed by atoms with Crippen molar-refractivity contribution in [2.45, 2.75) is 32.9 Å². The van der Waals surface area contributed by atoms with E-state index in [1.807, 2.05) is 44.2 Å². The zero-order chi connectivity index (χ0) is 19.2. The van der Waals surface area contributed by atoms with Gasteiger partial charge in [-0.2, -0.15) is 0 Å². The van der Waals surface area contributed by atoms with Gasteiger partial charge in [0.1, 0.15) is 12.6 Å². The number of nitrogens with one attached hydrogen (secondary N) is 1. The van der Waals surface area contributed by atoms with E-state index < -0.39 is 17.8 Å². The van der Waals surface area contributed by atoms with Gasteiger partial charge >= 0.3 is 11.7 Å². The Morgan fingerprint density at radius 3 is 2.56 bits per heavy atom. The maximum Gasteiger partial charge on any atom is 0.408 e. The number of benzene rings is 2. The number of hydrogen-bond donors (Lipinski definition) is 1. The third kappa shape index (κ3) is 4.94. The molecule has 3 rings (SSSR count). The SMILES string of the molecule is CC(C)CC(NC(=O)OCc1ccccc1)c1nc2ccccc2c(=O)o1. The highest BCUT2D eigenvalue weighted by Crippen LogP contribution is 2.21. The van der Waals surface area contributed by atoms with Crippen LogP contribution in [0.15, 0.2) is 63.8 Å². The Labute approximate surface area is 157 Å². The van der Waals surface area contributed by atoms with Gasteiger partial charge in [-0.05, 0) is 30.0 Å². The molecule has 140 valence electrons. The normalized spacial score (nSPS) is 12.1. The van der Waals surface area contributed by atoms with Crippen molar-refractivity contribution in [3.63, 3.8) is 0 Å². The van der Waals surface area contributed by atoms with E-state index in [2.05, 4.69) is 10.3 Å². The molecule has 1 N–H and O–H groups in total. The molecule has 0 aliphatic rings. The maximum absolute atomic E-state index is 12.2. The van der Waals surface area contributed by atoms with Crippen LogP contribution in [0.2, 0.25) is 0 Å². The van der Waals surface area contributed by atoms with E-state index in [1.54, 1.807) is 24.3 Å². The first-order valence-corrected chi connectivity index (χ1v) is 8.90. The molecule has 0 spiro atoms. The minimum atomic E-state index is -0.581. The minimum absolute atomic E-state index is 0.163. The first kappa shape index (κ1) is 18.6. The lowest BCUT2D eigenvalue weighted by Crippen LogP contribution is -2.31. The molecule has 1 atom stereocenters. The minimum Gasteiger partial charge on any atom is -0.445 e. The Kier molecular flexibility index (Phi) is 5.86. The van der Waals surface area contributed by atoms with Gasteiger partial charge < -0.3 is 14.5 Å². The van der Waals surface area contributed by atoms with Gasteiger partial charge in [-0.15, -0.1) is 0 Å². The number of alkyl carbamates (subject to hydrolysis) is 1. The van der Waals surface area contributed by atoms with Gasteiger partial charge in [0.2, 0.25) is 5.89 Å². The summed E-state index contributed by atoms with van der Waals surface area (Å²) in [5, 5.41) is 3.18. The zero-order valence-electron chi connectivity index (χ0n) is 15.3. The number of para-hydroxylation sites is 1. The third-order valence-electron chi connectivity index (χ3n) is 4.06. The van der Waals surface area contributed by atoms with Crippen molar-refractivity contribution in [1.29, 1.82) is 0 Å². The standard InChI is InChI=1S/C21H22N2O4/c1-14(2)12-18(23-21(25)26-13-15-8-4-3-5-9-15)19-22-17-11-7-6-10-16(17)20(24)27-19/h3-11,14,18H,12-13H2,1-2H3,(H,23,25). The fraction of sp³-hybridized carbons (Fsp3) is 0.286. The van der Waals surface area contributed by atoms with Gasteiger partial charge in [-0.25, -0.2) is 14.6 Å². The summed E-state index contributed by atoms with van der Waals surface area (Å²) < 4.78 is 10.7. The lowest BCUT2D eigenvalue weighted by molar-refractivity contribution is 0.132. The van der Waals surface area contributed by atoms with Crippen LogP contribution in [0.1, 0.15) is 37.8 Å². The summed E-state index contributed by atoms with van der Waals surface area (Å²) in [5.74, 6) is 0.437. The van der Waals surface area contributed by atoms with E-state index in [9.17, 15) is 9.59 Å². The number of fused-ring (bicyclic) bond motifs is 1. The smallest absolute Gasteiger partial charge is 0.408 e. The molecule has 0 fully saturated rings. The number of carbonyl (C=O) groups is 1. The molecule has 3 aromatic rings. The second kappa shape index (κ2) is 8.49.